The van der Waals surface area contributed by atoms with E-state index in [-0.39, 0.29) is 13.0 Å². The summed E-state index contributed by atoms with van der Waals surface area (Å²) in [4.78, 5) is 19.6. The van der Waals surface area contributed by atoms with Gasteiger partial charge in [-0.3, -0.25) is 9.36 Å². The number of hydrogen-bond acceptors (Lipinski definition) is 5. The third-order valence-electron chi connectivity index (χ3n) is 4.73. The van der Waals surface area contributed by atoms with Crippen molar-refractivity contribution in [2.75, 3.05) is 37.8 Å². The van der Waals surface area contributed by atoms with E-state index < -0.39 is 0 Å². The zero-order valence-corrected chi connectivity index (χ0v) is 17.7. The smallest absolute Gasteiger partial charge is 0.275 e. The van der Waals surface area contributed by atoms with E-state index in [2.05, 4.69) is 16.8 Å². The zero-order chi connectivity index (χ0) is 20.4. The molecule has 7 heteroatoms. The van der Waals surface area contributed by atoms with Crippen LogP contribution in [0.2, 0.25) is 5.02 Å². The minimum atomic E-state index is 0. The molecular weight excluding hydrogens is 390 g/mol. The highest BCUT2D eigenvalue weighted by Gasteiger charge is 2.19. The fourth-order valence-electron chi connectivity index (χ4n) is 3.16. The van der Waals surface area contributed by atoms with E-state index in [1.54, 1.807) is 16.8 Å². The number of pyridine rings is 2. The van der Waals surface area contributed by atoms with Crippen molar-refractivity contribution >= 4 is 28.3 Å². The number of halogens is 1. The molecule has 0 amide bonds. The number of ether oxygens (including phenoxy) is 1. The van der Waals surface area contributed by atoms with Gasteiger partial charge in [0.05, 0.1) is 18.2 Å². The zero-order valence-electron chi connectivity index (χ0n) is 17.0. The summed E-state index contributed by atoms with van der Waals surface area (Å²) in [6.45, 7) is 7.87. The first-order valence-electron chi connectivity index (χ1n) is 10.3. The fraction of sp³-hybridized carbons (Fsp3) is 0.636. The number of rotatable bonds is 7. The quantitative estimate of drug-likeness (QED) is 0.662. The van der Waals surface area contributed by atoms with Gasteiger partial charge in [0.15, 0.2) is 0 Å². The Balaban J connectivity index is 0.000000771. The Kier molecular flexibility index (Phi) is 11.9. The molecule has 2 aromatic rings. The maximum Gasteiger partial charge on any atom is 0.275 e. The highest BCUT2D eigenvalue weighted by atomic mass is 35.5. The first kappa shape index (κ1) is 25.4. The van der Waals surface area contributed by atoms with Crippen molar-refractivity contribution in [1.29, 1.82) is 0 Å². The van der Waals surface area contributed by atoms with Gasteiger partial charge < -0.3 is 14.7 Å². The first-order chi connectivity index (χ1) is 13.6. The SMILES string of the molecule is C.CCCCCCn1c(=O)c(N2CCOCC2)cc2c(Cl)ccnc21.CCCO. The van der Waals surface area contributed by atoms with Gasteiger partial charge in [-0.2, -0.15) is 0 Å². The summed E-state index contributed by atoms with van der Waals surface area (Å²) in [6, 6.07) is 3.67. The molecule has 0 radical (unpaired) electrons. The van der Waals surface area contributed by atoms with Crippen LogP contribution >= 0.6 is 11.6 Å². The average Bonchev–Trinajstić information content (AvgIpc) is 2.73. The molecule has 164 valence electrons. The lowest BCUT2D eigenvalue weighted by Gasteiger charge is -2.29. The second-order valence-electron chi connectivity index (χ2n) is 6.90. The molecule has 0 bridgehead atoms. The number of anilines is 1. The predicted octanol–water partition coefficient (Wildman–Crippen LogP) is 4.49. The van der Waals surface area contributed by atoms with Gasteiger partial charge in [0.2, 0.25) is 0 Å². The van der Waals surface area contributed by atoms with Crippen LogP contribution in [0.25, 0.3) is 11.0 Å². The molecule has 6 nitrogen and oxygen atoms in total. The van der Waals surface area contributed by atoms with Crippen LogP contribution in [-0.2, 0) is 11.3 Å². The Labute approximate surface area is 179 Å². The maximum atomic E-state index is 13.1. The molecule has 1 aliphatic heterocycles. The number of aromatic nitrogens is 2. The largest absolute Gasteiger partial charge is 0.396 e. The summed E-state index contributed by atoms with van der Waals surface area (Å²) in [6.07, 6.45) is 7.00. The van der Waals surface area contributed by atoms with Crippen LogP contribution in [0.1, 0.15) is 53.4 Å². The molecule has 29 heavy (non-hydrogen) atoms. The topological polar surface area (TPSA) is 67.6 Å². The van der Waals surface area contributed by atoms with E-state index in [0.717, 1.165) is 37.7 Å². The summed E-state index contributed by atoms with van der Waals surface area (Å²) >= 11 is 6.38. The van der Waals surface area contributed by atoms with Crippen LogP contribution < -0.4 is 10.5 Å². The summed E-state index contributed by atoms with van der Waals surface area (Å²) in [5, 5.41) is 9.35. The lowest BCUT2D eigenvalue weighted by molar-refractivity contribution is 0.122. The number of hydrogen-bond donors (Lipinski definition) is 1. The number of nitrogens with zero attached hydrogens (tertiary/aromatic N) is 3. The Bertz CT molecular complexity index is 787. The molecule has 0 spiro atoms. The van der Waals surface area contributed by atoms with Crippen LogP contribution in [0.3, 0.4) is 0 Å². The number of morpholine rings is 1. The molecule has 0 unspecified atom stereocenters. The Morgan fingerprint density at radius 3 is 2.48 bits per heavy atom. The van der Waals surface area contributed by atoms with E-state index in [1.807, 2.05) is 13.0 Å². The highest BCUT2D eigenvalue weighted by Crippen LogP contribution is 2.25. The third-order valence-corrected chi connectivity index (χ3v) is 5.06. The second-order valence-corrected chi connectivity index (χ2v) is 7.31. The fourth-order valence-corrected chi connectivity index (χ4v) is 3.35. The van der Waals surface area contributed by atoms with Crippen LogP contribution in [-0.4, -0.2) is 47.6 Å². The van der Waals surface area contributed by atoms with Gasteiger partial charge in [-0.1, -0.05) is 52.1 Å². The Hall–Kier alpha value is -1.63. The van der Waals surface area contributed by atoms with Crippen LogP contribution in [0.4, 0.5) is 5.69 Å². The van der Waals surface area contributed by atoms with E-state index in [9.17, 15) is 4.79 Å². The van der Waals surface area contributed by atoms with Crippen molar-refractivity contribution in [3.63, 3.8) is 0 Å². The number of fused-ring (bicyclic) bond motifs is 1. The summed E-state index contributed by atoms with van der Waals surface area (Å²) in [5.74, 6) is 0. The van der Waals surface area contributed by atoms with Crippen LogP contribution in [0, 0.1) is 0 Å². The predicted molar refractivity (Wildman–Crippen MR) is 122 cm³/mol. The number of aliphatic hydroxyl groups is 1. The highest BCUT2D eigenvalue weighted by molar-refractivity contribution is 6.35. The molecule has 1 fully saturated rings. The van der Waals surface area contributed by atoms with Gasteiger partial charge in [0.25, 0.3) is 5.56 Å². The molecule has 0 aliphatic carbocycles. The first-order valence-corrected chi connectivity index (χ1v) is 10.6. The molecule has 0 atom stereocenters. The third kappa shape index (κ3) is 6.98. The molecular formula is C22H36ClN3O3. The molecule has 3 rings (SSSR count). The maximum absolute atomic E-state index is 13.1. The van der Waals surface area contributed by atoms with E-state index in [0.29, 0.717) is 42.7 Å². The van der Waals surface area contributed by atoms with Gasteiger partial charge in [-0.15, -0.1) is 0 Å². The molecule has 3 heterocycles. The van der Waals surface area contributed by atoms with Gasteiger partial charge in [-0.25, -0.2) is 4.98 Å². The van der Waals surface area contributed by atoms with Gasteiger partial charge in [0.1, 0.15) is 11.3 Å². The monoisotopic (exact) mass is 425 g/mol. The van der Waals surface area contributed by atoms with E-state index in [1.165, 1.54) is 12.8 Å². The summed E-state index contributed by atoms with van der Waals surface area (Å²) in [7, 11) is 0. The molecule has 1 saturated heterocycles. The molecule has 0 saturated carbocycles. The van der Waals surface area contributed by atoms with Crippen molar-refractivity contribution in [1.82, 2.24) is 9.55 Å². The lowest BCUT2D eigenvalue weighted by atomic mass is 10.2. The van der Waals surface area contributed by atoms with Gasteiger partial charge in [0, 0.05) is 37.8 Å². The van der Waals surface area contributed by atoms with Crippen molar-refractivity contribution in [3.05, 3.63) is 33.7 Å². The van der Waals surface area contributed by atoms with E-state index in [4.69, 9.17) is 21.4 Å². The number of aryl methyl sites for hydroxylation is 1. The second kappa shape index (κ2) is 13.6. The number of unbranched alkanes of at least 4 members (excludes halogenated alkanes) is 3. The minimum Gasteiger partial charge on any atom is -0.396 e. The van der Waals surface area contributed by atoms with Crippen molar-refractivity contribution in [3.8, 4) is 0 Å². The Morgan fingerprint density at radius 1 is 1.17 bits per heavy atom. The van der Waals surface area contributed by atoms with Crippen molar-refractivity contribution < 1.29 is 9.84 Å². The minimum absolute atomic E-state index is 0. The van der Waals surface area contributed by atoms with E-state index >= 15 is 0 Å². The van der Waals surface area contributed by atoms with Gasteiger partial charge in [-0.05, 0) is 25.0 Å². The van der Waals surface area contributed by atoms with Crippen LogP contribution in [0.5, 0.6) is 0 Å². The Morgan fingerprint density at radius 2 is 1.86 bits per heavy atom. The normalized spacial score (nSPS) is 13.6. The number of aliphatic hydroxyl groups excluding tert-OH is 1. The summed E-state index contributed by atoms with van der Waals surface area (Å²) < 4.78 is 7.20. The molecule has 1 aliphatic rings. The standard InChI is InChI=1S/C18H24ClN3O2.C3H8O.CH4/c1-2-3-4-5-8-22-17-14(15(19)6-7-20-17)13-16(18(22)23)21-9-11-24-12-10-21;1-2-3-4;/h6-7,13H,2-5,8-12H2,1H3;4H,2-3H2,1H3;1H4. The molecule has 0 aromatic carbocycles. The molecule has 1 N–H and O–H groups in total. The van der Waals surface area contributed by atoms with Gasteiger partial charge >= 0.3 is 0 Å². The lowest BCUT2D eigenvalue weighted by Crippen LogP contribution is -2.40. The van der Waals surface area contributed by atoms with Crippen LogP contribution in [0.15, 0.2) is 23.1 Å². The average molecular weight is 426 g/mol. The van der Waals surface area contributed by atoms with Crippen molar-refractivity contribution in [2.45, 2.75) is 59.9 Å². The summed E-state index contributed by atoms with van der Waals surface area (Å²) in [5.41, 5.74) is 1.41. The molecule has 2 aromatic heterocycles. The van der Waals surface area contributed by atoms with Crippen molar-refractivity contribution in [2.24, 2.45) is 0 Å².